The van der Waals surface area contributed by atoms with Crippen molar-refractivity contribution in [2.45, 2.75) is 38.5 Å². The van der Waals surface area contributed by atoms with Gasteiger partial charge in [-0.25, -0.2) is 9.59 Å². The molecule has 0 aromatic heterocycles. The number of amides is 2. The van der Waals surface area contributed by atoms with Crippen molar-refractivity contribution >= 4 is 34.9 Å². The zero-order chi connectivity index (χ0) is 29.6. The fourth-order valence-electron chi connectivity index (χ4n) is 5.37. The number of methoxy groups -OCH3 is 2. The van der Waals surface area contributed by atoms with Crippen LogP contribution in [0.1, 0.15) is 70.4 Å². The molecular weight excluding hydrogens is 532 g/mol. The molecule has 2 aromatic carbocycles. The zero-order valence-corrected chi connectivity index (χ0v) is 24.3. The van der Waals surface area contributed by atoms with E-state index in [1.54, 1.807) is 12.1 Å². The third-order valence-corrected chi connectivity index (χ3v) is 8.20. The summed E-state index contributed by atoms with van der Waals surface area (Å²) in [6.45, 7) is 2.88. The SMILES string of the molecule is COC(=O)c1cccc(C2=CCN(C(=O)C3CC3)CC2)c1.COC(=O)c1cccc(C2=CCN(C(=O)C3CC3)CC2)c1. The van der Waals surface area contributed by atoms with Crippen molar-refractivity contribution in [1.82, 2.24) is 9.80 Å². The maximum Gasteiger partial charge on any atom is 0.337 e. The van der Waals surface area contributed by atoms with Crippen molar-refractivity contribution in [3.05, 3.63) is 82.9 Å². The Bertz CT molecular complexity index is 1310. The van der Waals surface area contributed by atoms with Crippen LogP contribution in [0, 0.1) is 11.8 Å². The van der Waals surface area contributed by atoms with Gasteiger partial charge in [0.25, 0.3) is 0 Å². The van der Waals surface area contributed by atoms with Gasteiger partial charge in [0.15, 0.2) is 0 Å². The lowest BCUT2D eigenvalue weighted by Crippen LogP contribution is -2.35. The van der Waals surface area contributed by atoms with E-state index in [4.69, 9.17) is 9.47 Å². The van der Waals surface area contributed by atoms with Crippen molar-refractivity contribution in [2.24, 2.45) is 11.8 Å². The Morgan fingerprint density at radius 2 is 1.05 bits per heavy atom. The molecule has 2 amide bonds. The first-order chi connectivity index (χ1) is 20.4. The maximum atomic E-state index is 12.0. The van der Waals surface area contributed by atoms with Crippen molar-refractivity contribution in [1.29, 1.82) is 0 Å². The predicted octanol–water partition coefficient (Wildman–Crippen LogP) is 5.00. The molecule has 8 nitrogen and oxygen atoms in total. The minimum Gasteiger partial charge on any atom is -0.465 e. The minimum absolute atomic E-state index is 0.280. The van der Waals surface area contributed by atoms with Gasteiger partial charge in [-0.05, 0) is 85.1 Å². The monoisotopic (exact) mass is 570 g/mol. The molecule has 2 fully saturated rings. The molecular formula is C34H38N2O6. The van der Waals surface area contributed by atoms with E-state index in [0.29, 0.717) is 36.0 Å². The van der Waals surface area contributed by atoms with Crippen LogP contribution in [-0.2, 0) is 19.1 Å². The molecule has 2 saturated carbocycles. The van der Waals surface area contributed by atoms with Gasteiger partial charge in [0.05, 0.1) is 25.3 Å². The fraction of sp³-hybridized carbons (Fsp3) is 0.412. The Kier molecular flexibility index (Phi) is 9.20. The lowest BCUT2D eigenvalue weighted by atomic mass is 9.97. The van der Waals surface area contributed by atoms with Gasteiger partial charge < -0.3 is 19.3 Å². The van der Waals surface area contributed by atoms with E-state index in [-0.39, 0.29) is 23.8 Å². The molecule has 0 radical (unpaired) electrons. The second-order valence-corrected chi connectivity index (χ2v) is 11.2. The van der Waals surface area contributed by atoms with Crippen molar-refractivity contribution in [3.8, 4) is 0 Å². The molecule has 0 unspecified atom stereocenters. The molecule has 8 heteroatoms. The first-order valence-electron chi connectivity index (χ1n) is 14.7. The summed E-state index contributed by atoms with van der Waals surface area (Å²) in [6, 6.07) is 14.9. The Balaban J connectivity index is 0.000000168. The number of hydrogen-bond acceptors (Lipinski definition) is 6. The first-order valence-corrected chi connectivity index (χ1v) is 14.7. The van der Waals surface area contributed by atoms with Crippen LogP contribution in [0.3, 0.4) is 0 Å². The number of ether oxygens (including phenoxy) is 2. The van der Waals surface area contributed by atoms with E-state index < -0.39 is 0 Å². The molecule has 2 aromatic rings. The average Bonchev–Trinajstić information content (AvgIpc) is 3.98. The van der Waals surface area contributed by atoms with Crippen LogP contribution in [0.4, 0.5) is 0 Å². The summed E-state index contributed by atoms with van der Waals surface area (Å²) in [5, 5.41) is 0. The highest BCUT2D eigenvalue weighted by Gasteiger charge is 2.34. The molecule has 220 valence electrons. The number of esters is 2. The number of carbonyl (C=O) groups is 4. The second kappa shape index (κ2) is 13.2. The summed E-state index contributed by atoms with van der Waals surface area (Å²) in [5.74, 6) is 0.519. The normalized spacial score (nSPS) is 18.1. The summed E-state index contributed by atoms with van der Waals surface area (Å²) in [4.78, 5) is 51.1. The van der Waals surface area contributed by atoms with Crippen molar-refractivity contribution < 1.29 is 28.7 Å². The van der Waals surface area contributed by atoms with E-state index in [2.05, 4.69) is 12.2 Å². The van der Waals surface area contributed by atoms with E-state index in [0.717, 1.165) is 62.7 Å². The molecule has 42 heavy (non-hydrogen) atoms. The average molecular weight is 571 g/mol. The Morgan fingerprint density at radius 3 is 1.36 bits per heavy atom. The molecule has 2 aliphatic carbocycles. The van der Waals surface area contributed by atoms with E-state index >= 15 is 0 Å². The number of nitrogens with zero attached hydrogens (tertiary/aromatic N) is 2. The van der Waals surface area contributed by atoms with E-state index in [9.17, 15) is 19.2 Å². The number of hydrogen-bond donors (Lipinski definition) is 0. The smallest absolute Gasteiger partial charge is 0.337 e. The van der Waals surface area contributed by atoms with Gasteiger partial charge in [0.2, 0.25) is 11.8 Å². The summed E-state index contributed by atoms with van der Waals surface area (Å²) >= 11 is 0. The molecule has 4 aliphatic rings. The van der Waals surface area contributed by atoms with E-state index in [1.807, 2.05) is 46.2 Å². The fourth-order valence-corrected chi connectivity index (χ4v) is 5.37. The minimum atomic E-state index is -0.321. The maximum absolute atomic E-state index is 12.0. The van der Waals surface area contributed by atoms with Gasteiger partial charge in [-0.2, -0.15) is 0 Å². The van der Waals surface area contributed by atoms with Gasteiger partial charge in [0, 0.05) is 38.0 Å². The van der Waals surface area contributed by atoms with Crippen molar-refractivity contribution in [3.63, 3.8) is 0 Å². The van der Waals surface area contributed by atoms with Crippen LogP contribution >= 0.6 is 0 Å². The van der Waals surface area contributed by atoms with Crippen LogP contribution in [-0.4, -0.2) is 74.0 Å². The van der Waals surface area contributed by atoms with Crippen molar-refractivity contribution in [2.75, 3.05) is 40.4 Å². The third kappa shape index (κ3) is 7.16. The molecule has 2 aliphatic heterocycles. The predicted molar refractivity (Wildman–Crippen MR) is 159 cm³/mol. The lowest BCUT2D eigenvalue weighted by molar-refractivity contribution is -0.132. The van der Waals surface area contributed by atoms with Crippen LogP contribution in [0.25, 0.3) is 11.1 Å². The molecule has 6 rings (SSSR count). The van der Waals surface area contributed by atoms with Gasteiger partial charge in [-0.15, -0.1) is 0 Å². The number of rotatable bonds is 6. The van der Waals surface area contributed by atoms with E-state index in [1.165, 1.54) is 25.4 Å². The summed E-state index contributed by atoms with van der Waals surface area (Å²) < 4.78 is 9.50. The highest BCUT2D eigenvalue weighted by atomic mass is 16.5. The zero-order valence-electron chi connectivity index (χ0n) is 24.3. The van der Waals surface area contributed by atoms with Crippen LogP contribution in [0.15, 0.2) is 60.7 Å². The Morgan fingerprint density at radius 1 is 0.643 bits per heavy atom. The Labute approximate surface area is 247 Å². The summed E-state index contributed by atoms with van der Waals surface area (Å²) in [6.07, 6.45) is 10.1. The van der Waals surface area contributed by atoms with Crippen LogP contribution in [0.2, 0.25) is 0 Å². The number of benzene rings is 2. The quantitative estimate of drug-likeness (QED) is 0.454. The highest BCUT2D eigenvalue weighted by molar-refractivity contribution is 5.91. The van der Waals surface area contributed by atoms with Gasteiger partial charge in [-0.3, -0.25) is 9.59 Å². The molecule has 2 heterocycles. The Hall–Kier alpha value is -4.20. The summed E-state index contributed by atoms with van der Waals surface area (Å²) in [7, 11) is 2.77. The second-order valence-electron chi connectivity index (χ2n) is 11.2. The van der Waals surface area contributed by atoms with Crippen LogP contribution < -0.4 is 0 Å². The standard InChI is InChI=1S/2C17H19NO3/c2*1-21-17(20)15-4-2-3-14(11-15)12-7-9-18(10-8-12)16(19)13-5-6-13/h2*2-4,7,11,13H,5-6,8-10H2,1H3. The largest absolute Gasteiger partial charge is 0.465 e. The molecule has 0 bridgehead atoms. The van der Waals surface area contributed by atoms with Gasteiger partial charge in [-0.1, -0.05) is 36.4 Å². The topological polar surface area (TPSA) is 93.2 Å². The third-order valence-electron chi connectivity index (χ3n) is 8.20. The molecule has 0 N–H and O–H groups in total. The van der Waals surface area contributed by atoms with Gasteiger partial charge in [0.1, 0.15) is 0 Å². The van der Waals surface area contributed by atoms with Gasteiger partial charge >= 0.3 is 11.9 Å². The van der Waals surface area contributed by atoms with Crippen LogP contribution in [0.5, 0.6) is 0 Å². The molecule has 0 atom stereocenters. The first kappa shape index (κ1) is 29.3. The summed E-state index contributed by atoms with van der Waals surface area (Å²) in [5.41, 5.74) is 5.59. The lowest BCUT2D eigenvalue weighted by Gasteiger charge is -2.26. The molecule has 0 spiro atoms. The molecule has 0 saturated heterocycles. The number of carbonyl (C=O) groups excluding carboxylic acids is 4. The highest BCUT2D eigenvalue weighted by Crippen LogP contribution is 2.34.